The minimum absolute atomic E-state index is 0.240. The number of fused-ring (bicyclic) bond motifs is 11. The fraction of sp³-hybridized carbons (Fsp3) is 0.0455. The van der Waals surface area contributed by atoms with E-state index in [1.807, 2.05) is 12.3 Å². The average Bonchev–Trinajstić information content (AvgIpc) is 3.55. The highest BCUT2D eigenvalue weighted by molar-refractivity contribution is 6.23. The summed E-state index contributed by atoms with van der Waals surface area (Å²) in [5.41, 5.74) is 9.43. The molecule has 7 aromatic carbocycles. The van der Waals surface area contributed by atoms with Gasteiger partial charge < -0.3 is 4.42 Å². The maximum absolute atomic E-state index is 6.52. The minimum Gasteiger partial charge on any atom is -0.456 e. The van der Waals surface area contributed by atoms with Crippen LogP contribution in [0.3, 0.4) is 0 Å². The van der Waals surface area contributed by atoms with Crippen molar-refractivity contribution in [2.24, 2.45) is 0 Å². The van der Waals surface area contributed by atoms with E-state index in [0.717, 1.165) is 50.7 Å². The maximum atomic E-state index is 6.52. The molecule has 1 aliphatic carbocycles. The largest absolute Gasteiger partial charge is 0.456 e. The van der Waals surface area contributed by atoms with Gasteiger partial charge in [0.2, 0.25) is 0 Å². The molecular weight excluding hydrogens is 572 g/mol. The lowest BCUT2D eigenvalue weighted by Crippen LogP contribution is -2.00. The lowest BCUT2D eigenvalue weighted by molar-refractivity contribution is 0.658. The molecule has 2 heterocycles. The lowest BCUT2D eigenvalue weighted by atomic mass is 9.86. The molecule has 3 heteroatoms. The normalized spacial score (nSPS) is 15.0. The summed E-state index contributed by atoms with van der Waals surface area (Å²) < 4.78 is 6.52. The Morgan fingerprint density at radius 1 is 0.596 bits per heavy atom. The number of nitrogens with zero attached hydrogens (tertiary/aromatic N) is 2. The Kier molecular flexibility index (Phi) is 5.70. The second-order valence-electron chi connectivity index (χ2n) is 12.5. The third-order valence-corrected chi connectivity index (χ3v) is 9.84. The Labute approximate surface area is 271 Å². The molecular formula is C44H28N2O. The standard InChI is InChI=1S/C44H28N2O/c1-2-10-32-31(9-1)25-38(44-41(32)37-15-7-8-16-40(37)47-44)29-21-17-27(18-22-29)28-19-23-30(24-20-28)39-26-45-42-35-13-5-3-11-33(35)34-12-4-6-14-36(34)43(42)46-39/h1-21,23-26,29H,22H2. The molecule has 0 saturated carbocycles. The van der Waals surface area contributed by atoms with Gasteiger partial charge in [0.15, 0.2) is 0 Å². The van der Waals surface area contributed by atoms with Crippen LogP contribution in [-0.4, -0.2) is 9.97 Å². The summed E-state index contributed by atoms with van der Waals surface area (Å²) >= 11 is 0. The molecule has 1 aliphatic rings. The van der Waals surface area contributed by atoms with Crippen LogP contribution in [0.5, 0.6) is 0 Å². The molecule has 0 N–H and O–H groups in total. The van der Waals surface area contributed by atoms with E-state index in [1.54, 1.807) is 0 Å². The summed E-state index contributed by atoms with van der Waals surface area (Å²) in [6.07, 6.45) is 9.78. The van der Waals surface area contributed by atoms with Crippen LogP contribution in [0.15, 0.2) is 156 Å². The molecule has 3 nitrogen and oxygen atoms in total. The number of allylic oxidation sites excluding steroid dienone is 4. The molecule has 0 fully saturated rings. The van der Waals surface area contributed by atoms with Gasteiger partial charge in [-0.1, -0.05) is 133 Å². The minimum atomic E-state index is 0.240. The predicted octanol–water partition coefficient (Wildman–Crippen LogP) is 11.8. The SMILES string of the molecule is C1=CC(c2cc3ccccc3c3c2oc2ccccc23)CC=C1c1ccc(-c2cnc3c4ccccc4c4ccccc4c3n2)cc1. The number of furan rings is 1. The monoisotopic (exact) mass is 600 g/mol. The van der Waals surface area contributed by atoms with Crippen LogP contribution in [0.25, 0.3) is 82.1 Å². The number of para-hydroxylation sites is 1. The number of rotatable bonds is 3. The zero-order valence-corrected chi connectivity index (χ0v) is 25.5. The number of hydrogen-bond acceptors (Lipinski definition) is 3. The summed E-state index contributed by atoms with van der Waals surface area (Å²) in [7, 11) is 0. The predicted molar refractivity (Wildman–Crippen MR) is 196 cm³/mol. The van der Waals surface area contributed by atoms with Gasteiger partial charge in [-0.25, -0.2) is 4.98 Å². The molecule has 220 valence electrons. The van der Waals surface area contributed by atoms with Crippen LogP contribution in [0.2, 0.25) is 0 Å². The van der Waals surface area contributed by atoms with Gasteiger partial charge in [-0.2, -0.15) is 0 Å². The van der Waals surface area contributed by atoms with E-state index in [9.17, 15) is 0 Å². The highest BCUT2D eigenvalue weighted by Gasteiger charge is 2.21. The molecule has 0 amide bonds. The summed E-state index contributed by atoms with van der Waals surface area (Å²) in [5, 5.41) is 9.56. The lowest BCUT2D eigenvalue weighted by Gasteiger charge is -2.18. The van der Waals surface area contributed by atoms with Crippen LogP contribution >= 0.6 is 0 Å². The maximum Gasteiger partial charge on any atom is 0.139 e. The van der Waals surface area contributed by atoms with E-state index in [4.69, 9.17) is 14.4 Å². The average molecular weight is 601 g/mol. The number of aromatic nitrogens is 2. The quantitative estimate of drug-likeness (QED) is 0.189. The van der Waals surface area contributed by atoms with E-state index in [2.05, 4.69) is 140 Å². The van der Waals surface area contributed by atoms with Gasteiger partial charge in [-0.05, 0) is 51.2 Å². The molecule has 0 bridgehead atoms. The van der Waals surface area contributed by atoms with Crippen LogP contribution in [0, 0.1) is 0 Å². The fourth-order valence-corrected chi connectivity index (χ4v) is 7.54. The smallest absolute Gasteiger partial charge is 0.139 e. The van der Waals surface area contributed by atoms with Crippen LogP contribution in [-0.2, 0) is 0 Å². The first-order valence-corrected chi connectivity index (χ1v) is 16.2. The zero-order chi connectivity index (χ0) is 30.9. The number of hydrogen-bond donors (Lipinski definition) is 0. The highest BCUT2D eigenvalue weighted by atomic mass is 16.3. The Morgan fingerprint density at radius 2 is 1.23 bits per heavy atom. The first-order chi connectivity index (χ1) is 23.3. The van der Waals surface area contributed by atoms with E-state index in [-0.39, 0.29) is 5.92 Å². The Hall–Kier alpha value is -6.06. The van der Waals surface area contributed by atoms with Gasteiger partial charge in [0.05, 0.1) is 22.9 Å². The van der Waals surface area contributed by atoms with E-state index in [0.29, 0.717) is 0 Å². The van der Waals surface area contributed by atoms with Gasteiger partial charge in [0.1, 0.15) is 11.2 Å². The third kappa shape index (κ3) is 4.06. The Morgan fingerprint density at radius 3 is 1.98 bits per heavy atom. The van der Waals surface area contributed by atoms with Crippen molar-refractivity contribution in [3.8, 4) is 11.3 Å². The van der Waals surface area contributed by atoms with Gasteiger partial charge in [0, 0.05) is 38.6 Å². The molecule has 47 heavy (non-hydrogen) atoms. The summed E-state index contributed by atoms with van der Waals surface area (Å²) in [4.78, 5) is 10.1. The summed E-state index contributed by atoms with van der Waals surface area (Å²) in [6, 6.07) is 45.0. The molecule has 0 saturated heterocycles. The van der Waals surface area contributed by atoms with Gasteiger partial charge in [-0.15, -0.1) is 0 Å². The molecule has 0 spiro atoms. The van der Waals surface area contributed by atoms with Crippen molar-refractivity contribution in [1.82, 2.24) is 9.97 Å². The van der Waals surface area contributed by atoms with Crippen molar-refractivity contribution >= 4 is 70.9 Å². The van der Waals surface area contributed by atoms with E-state index in [1.165, 1.54) is 49.0 Å². The van der Waals surface area contributed by atoms with Crippen molar-refractivity contribution in [1.29, 1.82) is 0 Å². The summed E-state index contributed by atoms with van der Waals surface area (Å²) in [5.74, 6) is 0.240. The summed E-state index contributed by atoms with van der Waals surface area (Å²) in [6.45, 7) is 0. The van der Waals surface area contributed by atoms with Crippen LogP contribution in [0.1, 0.15) is 23.5 Å². The van der Waals surface area contributed by atoms with Crippen molar-refractivity contribution < 1.29 is 4.42 Å². The number of benzene rings is 7. The van der Waals surface area contributed by atoms with Crippen LogP contribution in [0.4, 0.5) is 0 Å². The van der Waals surface area contributed by atoms with Crippen LogP contribution < -0.4 is 0 Å². The molecule has 2 aromatic heterocycles. The zero-order valence-electron chi connectivity index (χ0n) is 25.5. The van der Waals surface area contributed by atoms with Crippen molar-refractivity contribution in [2.45, 2.75) is 12.3 Å². The Balaban J connectivity index is 0.986. The second-order valence-corrected chi connectivity index (χ2v) is 12.5. The molecule has 1 unspecified atom stereocenters. The Bertz CT molecular complexity index is 2730. The van der Waals surface area contributed by atoms with E-state index < -0.39 is 0 Å². The van der Waals surface area contributed by atoms with E-state index >= 15 is 0 Å². The molecule has 0 radical (unpaired) electrons. The van der Waals surface area contributed by atoms with Crippen molar-refractivity contribution in [3.63, 3.8) is 0 Å². The van der Waals surface area contributed by atoms with Gasteiger partial charge in [-0.3, -0.25) is 4.98 Å². The highest BCUT2D eigenvalue weighted by Crippen LogP contribution is 2.42. The molecule has 0 aliphatic heterocycles. The fourth-order valence-electron chi connectivity index (χ4n) is 7.54. The van der Waals surface area contributed by atoms with Gasteiger partial charge >= 0.3 is 0 Å². The van der Waals surface area contributed by atoms with Crippen molar-refractivity contribution in [3.05, 3.63) is 163 Å². The van der Waals surface area contributed by atoms with Crippen molar-refractivity contribution in [2.75, 3.05) is 0 Å². The molecule has 10 rings (SSSR count). The first kappa shape index (κ1) is 26.2. The second kappa shape index (κ2) is 10.2. The topological polar surface area (TPSA) is 38.9 Å². The third-order valence-electron chi connectivity index (χ3n) is 9.84. The first-order valence-electron chi connectivity index (χ1n) is 16.2. The molecule has 1 atom stereocenters. The molecule has 9 aromatic rings. The van der Waals surface area contributed by atoms with Gasteiger partial charge in [0.25, 0.3) is 0 Å².